The van der Waals surface area contributed by atoms with Crippen LogP contribution >= 0.6 is 0 Å². The van der Waals surface area contributed by atoms with Crippen molar-refractivity contribution in [1.82, 2.24) is 10.3 Å². The molecule has 0 aromatic carbocycles. The van der Waals surface area contributed by atoms with Crippen LogP contribution in [0.2, 0.25) is 0 Å². The van der Waals surface area contributed by atoms with Gasteiger partial charge in [-0.05, 0) is 13.8 Å². The van der Waals surface area contributed by atoms with E-state index in [-0.39, 0.29) is 0 Å². The Bertz CT molecular complexity index is 169. The molecule has 1 N–H and O–H groups in total. The summed E-state index contributed by atoms with van der Waals surface area (Å²) >= 11 is 0. The van der Waals surface area contributed by atoms with E-state index in [4.69, 9.17) is 0 Å². The minimum Gasteiger partial charge on any atom is -0.347 e. The normalized spacial score (nSPS) is 18.3. The molecule has 1 rings (SSSR count). The first-order valence-corrected chi connectivity index (χ1v) is 2.92. The summed E-state index contributed by atoms with van der Waals surface area (Å²) in [5.74, 6) is 0. The molecular formula is C6H11N3. The molecule has 0 spiro atoms. The van der Waals surface area contributed by atoms with Gasteiger partial charge < -0.3 is 5.32 Å². The number of nitrogens with zero attached hydrogens (tertiary/aromatic N) is 2. The van der Waals surface area contributed by atoms with Gasteiger partial charge in [0.2, 0.25) is 0 Å². The van der Waals surface area contributed by atoms with Crippen LogP contribution in [0, 0.1) is 0 Å². The Morgan fingerprint density at radius 2 is 2.22 bits per heavy atom. The third-order valence-electron chi connectivity index (χ3n) is 1.54. The third-order valence-corrected chi connectivity index (χ3v) is 1.54. The Kier molecular flexibility index (Phi) is 1.42. The number of hydrazone groups is 1. The summed E-state index contributed by atoms with van der Waals surface area (Å²) in [6.07, 6.45) is 1.68. The summed E-state index contributed by atoms with van der Waals surface area (Å²) in [5.41, 5.74) is 2.32. The topological polar surface area (TPSA) is 27.6 Å². The fourth-order valence-electron chi connectivity index (χ4n) is 0.646. The second kappa shape index (κ2) is 2.09. The van der Waals surface area contributed by atoms with E-state index in [1.165, 1.54) is 0 Å². The zero-order chi connectivity index (χ0) is 6.85. The third kappa shape index (κ3) is 1.04. The number of nitrogens with one attached hydrogen (secondary N) is 1. The first-order chi connectivity index (χ1) is 4.22. The lowest BCUT2D eigenvalue weighted by molar-refractivity contribution is 0.431. The van der Waals surface area contributed by atoms with Crippen LogP contribution in [0.1, 0.15) is 13.8 Å². The van der Waals surface area contributed by atoms with E-state index in [0.717, 1.165) is 11.4 Å². The molecule has 50 valence electrons. The smallest absolute Gasteiger partial charge is 0.113 e. The molecule has 3 heteroatoms. The lowest BCUT2D eigenvalue weighted by Crippen LogP contribution is -2.23. The number of allylic oxidation sites excluding steroid dienone is 2. The highest BCUT2D eigenvalue weighted by Crippen LogP contribution is 2.06. The highest BCUT2D eigenvalue weighted by atomic mass is 15.5. The van der Waals surface area contributed by atoms with Crippen LogP contribution in [-0.4, -0.2) is 18.4 Å². The molecule has 3 nitrogen and oxygen atoms in total. The van der Waals surface area contributed by atoms with Crippen LogP contribution in [0.15, 0.2) is 16.5 Å². The lowest BCUT2D eigenvalue weighted by Gasteiger charge is -2.20. The Labute approximate surface area is 55.0 Å². The highest BCUT2D eigenvalue weighted by molar-refractivity contribution is 5.58. The molecule has 0 fully saturated rings. The molecule has 0 amide bonds. The SMILES string of the molecule is CC1=C(C)N(C)N=CN1. The first-order valence-electron chi connectivity index (χ1n) is 2.92. The van der Waals surface area contributed by atoms with Gasteiger partial charge in [-0.25, -0.2) is 0 Å². The van der Waals surface area contributed by atoms with Crippen LogP contribution in [0.3, 0.4) is 0 Å². The van der Waals surface area contributed by atoms with Crippen LogP contribution < -0.4 is 5.32 Å². The van der Waals surface area contributed by atoms with E-state index >= 15 is 0 Å². The van der Waals surface area contributed by atoms with Crippen molar-refractivity contribution in [2.75, 3.05) is 7.05 Å². The van der Waals surface area contributed by atoms with Gasteiger partial charge in [-0.2, -0.15) is 5.10 Å². The second-order valence-corrected chi connectivity index (χ2v) is 2.12. The van der Waals surface area contributed by atoms with E-state index < -0.39 is 0 Å². The predicted molar refractivity (Wildman–Crippen MR) is 37.8 cm³/mol. The summed E-state index contributed by atoms with van der Waals surface area (Å²) in [6, 6.07) is 0. The standard InChI is InChI=1S/C6H11N3/c1-5-6(2)9(3)8-4-7-5/h4H,1-3H3,(H,7,8). The average Bonchev–Trinajstić information content (AvgIpc) is 1.83. The fraction of sp³-hybridized carbons (Fsp3) is 0.500. The quantitative estimate of drug-likeness (QED) is 0.516. The van der Waals surface area contributed by atoms with Gasteiger partial charge in [-0.15, -0.1) is 0 Å². The largest absolute Gasteiger partial charge is 0.347 e. The summed E-state index contributed by atoms with van der Waals surface area (Å²) in [6.45, 7) is 4.05. The summed E-state index contributed by atoms with van der Waals surface area (Å²) in [5, 5.41) is 8.85. The summed E-state index contributed by atoms with van der Waals surface area (Å²) in [7, 11) is 1.93. The zero-order valence-corrected chi connectivity index (χ0v) is 5.97. The highest BCUT2D eigenvalue weighted by Gasteiger charge is 2.03. The van der Waals surface area contributed by atoms with E-state index in [0.29, 0.717) is 0 Å². The van der Waals surface area contributed by atoms with Crippen molar-refractivity contribution in [1.29, 1.82) is 0 Å². The van der Waals surface area contributed by atoms with Gasteiger partial charge in [0.05, 0.1) is 5.70 Å². The maximum Gasteiger partial charge on any atom is 0.113 e. The molecule has 0 aromatic rings. The molecular weight excluding hydrogens is 114 g/mol. The van der Waals surface area contributed by atoms with Crippen LogP contribution in [0.25, 0.3) is 0 Å². The molecule has 0 atom stereocenters. The molecule has 1 heterocycles. The predicted octanol–water partition coefficient (Wildman–Crippen LogP) is 0.716. The Balaban J connectivity index is 2.79. The van der Waals surface area contributed by atoms with Crippen molar-refractivity contribution in [2.45, 2.75) is 13.8 Å². The Morgan fingerprint density at radius 3 is 2.67 bits per heavy atom. The van der Waals surface area contributed by atoms with Crippen LogP contribution in [0.4, 0.5) is 0 Å². The van der Waals surface area contributed by atoms with E-state index in [1.54, 1.807) is 6.34 Å². The summed E-state index contributed by atoms with van der Waals surface area (Å²) in [4.78, 5) is 0. The van der Waals surface area contributed by atoms with Crippen molar-refractivity contribution in [3.63, 3.8) is 0 Å². The molecule has 0 saturated carbocycles. The van der Waals surface area contributed by atoms with Crippen molar-refractivity contribution in [3.05, 3.63) is 11.4 Å². The monoisotopic (exact) mass is 125 g/mol. The number of hydrogen-bond acceptors (Lipinski definition) is 3. The van der Waals surface area contributed by atoms with E-state index in [1.807, 2.05) is 25.9 Å². The fourth-order valence-corrected chi connectivity index (χ4v) is 0.646. The maximum atomic E-state index is 4.00. The molecule has 0 radical (unpaired) electrons. The van der Waals surface area contributed by atoms with Crippen molar-refractivity contribution >= 4 is 6.34 Å². The maximum absolute atomic E-state index is 4.00. The van der Waals surface area contributed by atoms with Gasteiger partial charge in [0.1, 0.15) is 6.34 Å². The lowest BCUT2D eigenvalue weighted by atomic mass is 10.3. The van der Waals surface area contributed by atoms with Gasteiger partial charge in [0.25, 0.3) is 0 Å². The second-order valence-electron chi connectivity index (χ2n) is 2.12. The van der Waals surface area contributed by atoms with Gasteiger partial charge in [0, 0.05) is 12.7 Å². The minimum atomic E-state index is 1.16. The number of rotatable bonds is 0. The Hall–Kier alpha value is -0.990. The molecule has 0 saturated heterocycles. The van der Waals surface area contributed by atoms with Crippen molar-refractivity contribution < 1.29 is 0 Å². The molecule has 9 heavy (non-hydrogen) atoms. The van der Waals surface area contributed by atoms with E-state index in [2.05, 4.69) is 10.4 Å². The molecule has 0 aliphatic carbocycles. The summed E-state index contributed by atoms with van der Waals surface area (Å²) < 4.78 is 0. The van der Waals surface area contributed by atoms with Gasteiger partial charge in [0.15, 0.2) is 0 Å². The Morgan fingerprint density at radius 1 is 1.56 bits per heavy atom. The molecule has 0 unspecified atom stereocenters. The molecule has 0 bridgehead atoms. The van der Waals surface area contributed by atoms with Crippen molar-refractivity contribution in [2.24, 2.45) is 5.10 Å². The zero-order valence-electron chi connectivity index (χ0n) is 5.97. The van der Waals surface area contributed by atoms with E-state index in [9.17, 15) is 0 Å². The van der Waals surface area contributed by atoms with Gasteiger partial charge in [-0.1, -0.05) is 0 Å². The van der Waals surface area contributed by atoms with Gasteiger partial charge >= 0.3 is 0 Å². The molecule has 0 aromatic heterocycles. The number of hydrogen-bond donors (Lipinski definition) is 1. The average molecular weight is 125 g/mol. The molecule has 1 aliphatic rings. The van der Waals surface area contributed by atoms with Crippen molar-refractivity contribution in [3.8, 4) is 0 Å². The molecule has 1 aliphatic heterocycles. The minimum absolute atomic E-state index is 1.16. The van der Waals surface area contributed by atoms with Gasteiger partial charge in [-0.3, -0.25) is 5.01 Å². The van der Waals surface area contributed by atoms with Crippen LogP contribution in [0.5, 0.6) is 0 Å². The van der Waals surface area contributed by atoms with Crippen LogP contribution in [-0.2, 0) is 0 Å². The first kappa shape index (κ1) is 6.13.